The van der Waals surface area contributed by atoms with Crippen molar-refractivity contribution in [2.75, 3.05) is 6.61 Å². The number of nitrogens with one attached hydrogen (secondary N) is 1. The van der Waals surface area contributed by atoms with Crippen LogP contribution in [0.3, 0.4) is 0 Å². The van der Waals surface area contributed by atoms with Gasteiger partial charge in [-0.05, 0) is 60.8 Å². The maximum Gasteiger partial charge on any atom is 0.123 e. The lowest BCUT2D eigenvalue weighted by molar-refractivity contribution is 0.305. The molecule has 0 unspecified atom stereocenters. The fraction of sp³-hybridized carbons (Fsp3) is 0.235. The van der Waals surface area contributed by atoms with E-state index < -0.39 is 0 Å². The van der Waals surface area contributed by atoms with Crippen molar-refractivity contribution in [3.8, 4) is 0 Å². The van der Waals surface area contributed by atoms with Gasteiger partial charge in [-0.3, -0.25) is 0 Å². The lowest BCUT2D eigenvalue weighted by Crippen LogP contribution is -2.21. The molecule has 0 saturated carbocycles. The Bertz CT molecular complexity index is 726. The zero-order valence-electron chi connectivity index (χ0n) is 12.1. The quantitative estimate of drug-likeness (QED) is 0.875. The van der Waals surface area contributed by atoms with E-state index in [1.165, 1.54) is 6.07 Å². The van der Waals surface area contributed by atoms with Gasteiger partial charge in [0, 0.05) is 24.1 Å². The second-order valence-corrected chi connectivity index (χ2v) is 5.21. The van der Waals surface area contributed by atoms with Gasteiger partial charge in [-0.2, -0.15) is 0 Å². The molecule has 0 bridgehead atoms. The fourth-order valence-corrected chi connectivity index (χ4v) is 2.96. The first-order valence-electron chi connectivity index (χ1n) is 6.95. The van der Waals surface area contributed by atoms with Crippen LogP contribution in [0.15, 0.2) is 46.7 Å². The van der Waals surface area contributed by atoms with E-state index in [2.05, 4.69) is 10.3 Å². The third-order valence-electron chi connectivity index (χ3n) is 3.86. The molecule has 108 valence electrons. The van der Waals surface area contributed by atoms with Crippen molar-refractivity contribution in [1.29, 1.82) is 0 Å². The Morgan fingerprint density at radius 1 is 1.24 bits per heavy atom. The molecule has 3 rings (SSSR count). The molecule has 0 aromatic heterocycles. The predicted octanol–water partition coefficient (Wildman–Crippen LogP) is 3.24. The van der Waals surface area contributed by atoms with Crippen molar-refractivity contribution in [3.05, 3.63) is 58.7 Å². The number of hydrogen-bond acceptors (Lipinski definition) is 3. The Morgan fingerprint density at radius 2 is 2.05 bits per heavy atom. The summed E-state index contributed by atoms with van der Waals surface area (Å²) >= 11 is 0. The number of aliphatic hydroxyl groups is 1. The van der Waals surface area contributed by atoms with E-state index in [4.69, 9.17) is 0 Å². The van der Waals surface area contributed by atoms with Crippen LogP contribution in [0.2, 0.25) is 0 Å². The van der Waals surface area contributed by atoms with Crippen molar-refractivity contribution in [2.24, 2.45) is 4.99 Å². The van der Waals surface area contributed by atoms with Crippen LogP contribution in [-0.2, 0) is 0 Å². The molecule has 1 aromatic carbocycles. The summed E-state index contributed by atoms with van der Waals surface area (Å²) in [6.45, 7) is 3.97. The molecule has 0 radical (unpaired) electrons. The van der Waals surface area contributed by atoms with Crippen LogP contribution >= 0.6 is 0 Å². The number of nitrogens with zero attached hydrogens (tertiary/aromatic N) is 1. The summed E-state index contributed by atoms with van der Waals surface area (Å²) in [6, 6.07) is 4.82. The molecule has 2 N–H and O–H groups in total. The number of fused-ring (bicyclic) bond motifs is 1. The molecule has 2 aliphatic rings. The van der Waals surface area contributed by atoms with Crippen LogP contribution < -0.4 is 5.32 Å². The lowest BCUT2D eigenvalue weighted by atomic mass is 10.0. The third-order valence-corrected chi connectivity index (χ3v) is 3.86. The smallest absolute Gasteiger partial charge is 0.123 e. The molecule has 0 saturated heterocycles. The van der Waals surface area contributed by atoms with Crippen molar-refractivity contribution in [3.63, 3.8) is 0 Å². The third kappa shape index (κ3) is 2.32. The van der Waals surface area contributed by atoms with Crippen LogP contribution in [0.1, 0.15) is 31.4 Å². The number of aliphatic hydroxyl groups excluding tert-OH is 1. The molecule has 3 nitrogen and oxygen atoms in total. The summed E-state index contributed by atoms with van der Waals surface area (Å²) in [5.74, 6) is 0.570. The van der Waals surface area contributed by atoms with Gasteiger partial charge >= 0.3 is 0 Å². The maximum absolute atomic E-state index is 13.6. The SMILES string of the molecule is CC1=NC=C/C(=C2\C(C)=C(CCO)c3cc(F)ccc32)N1. The zero-order chi connectivity index (χ0) is 15.0. The predicted molar refractivity (Wildman–Crippen MR) is 83.0 cm³/mol. The second-order valence-electron chi connectivity index (χ2n) is 5.21. The standard InChI is InChI=1S/C17H17FN2O/c1-10-13(6-8-21)15-9-12(18)3-4-14(15)17(10)16-5-7-19-11(2)20-16/h3-5,7,9,21H,6,8H2,1-2H3,(H,19,20)/b17-16-. The van der Waals surface area contributed by atoms with Crippen molar-refractivity contribution < 1.29 is 9.50 Å². The highest BCUT2D eigenvalue weighted by Crippen LogP contribution is 2.44. The zero-order valence-corrected chi connectivity index (χ0v) is 12.1. The topological polar surface area (TPSA) is 44.6 Å². The summed E-state index contributed by atoms with van der Waals surface area (Å²) in [6.07, 6.45) is 4.20. The van der Waals surface area contributed by atoms with Crippen LogP contribution in [0.4, 0.5) is 4.39 Å². The normalized spacial score (nSPS) is 20.5. The Balaban J connectivity index is 2.21. The first kappa shape index (κ1) is 13.8. The van der Waals surface area contributed by atoms with Gasteiger partial charge in [0.1, 0.15) is 11.7 Å². The molecule has 0 fully saturated rings. The number of rotatable bonds is 2. The molecule has 0 spiro atoms. The number of amidine groups is 1. The van der Waals surface area contributed by atoms with E-state index in [9.17, 15) is 9.50 Å². The number of benzene rings is 1. The Kier molecular flexibility index (Phi) is 3.47. The Labute approximate surface area is 123 Å². The number of hydrogen-bond donors (Lipinski definition) is 2. The first-order chi connectivity index (χ1) is 10.1. The highest BCUT2D eigenvalue weighted by molar-refractivity contribution is 6.02. The Morgan fingerprint density at radius 3 is 2.76 bits per heavy atom. The molecule has 0 atom stereocenters. The second kappa shape index (κ2) is 5.30. The van der Waals surface area contributed by atoms with E-state index in [1.807, 2.05) is 19.9 Å². The molecular weight excluding hydrogens is 267 g/mol. The van der Waals surface area contributed by atoms with Gasteiger partial charge in [0.25, 0.3) is 0 Å². The lowest BCUT2D eigenvalue weighted by Gasteiger charge is -2.15. The minimum atomic E-state index is -0.256. The van der Waals surface area contributed by atoms with Gasteiger partial charge in [-0.25, -0.2) is 9.38 Å². The maximum atomic E-state index is 13.6. The van der Waals surface area contributed by atoms with Crippen molar-refractivity contribution >= 4 is 17.0 Å². The average molecular weight is 284 g/mol. The van der Waals surface area contributed by atoms with Gasteiger partial charge in [-0.15, -0.1) is 0 Å². The number of halogens is 1. The monoisotopic (exact) mass is 284 g/mol. The van der Waals surface area contributed by atoms with Crippen molar-refractivity contribution in [1.82, 2.24) is 5.32 Å². The fourth-order valence-electron chi connectivity index (χ4n) is 2.96. The molecular formula is C17H17FN2O. The van der Waals surface area contributed by atoms with Crippen LogP contribution in [0.25, 0.3) is 11.1 Å². The minimum absolute atomic E-state index is 0.0506. The van der Waals surface area contributed by atoms with Crippen molar-refractivity contribution in [2.45, 2.75) is 20.3 Å². The summed E-state index contributed by atoms with van der Waals surface area (Å²) in [5, 5.41) is 12.5. The van der Waals surface area contributed by atoms with Gasteiger partial charge in [0.2, 0.25) is 0 Å². The largest absolute Gasteiger partial charge is 0.396 e. The van der Waals surface area contributed by atoms with Gasteiger partial charge < -0.3 is 10.4 Å². The number of aliphatic imine (C=N–C) groups is 1. The molecule has 1 aliphatic heterocycles. The first-order valence-corrected chi connectivity index (χ1v) is 6.95. The van der Waals surface area contributed by atoms with Gasteiger partial charge in [0.05, 0.1) is 0 Å². The highest BCUT2D eigenvalue weighted by Gasteiger charge is 2.26. The molecule has 1 aromatic rings. The number of allylic oxidation sites excluding steroid dienone is 3. The molecule has 0 amide bonds. The minimum Gasteiger partial charge on any atom is -0.396 e. The summed E-state index contributed by atoms with van der Waals surface area (Å²) in [5.41, 5.74) is 5.97. The van der Waals surface area contributed by atoms with E-state index in [1.54, 1.807) is 18.3 Å². The van der Waals surface area contributed by atoms with E-state index >= 15 is 0 Å². The highest BCUT2D eigenvalue weighted by atomic mass is 19.1. The van der Waals surface area contributed by atoms with Gasteiger partial charge in [0.15, 0.2) is 0 Å². The van der Waals surface area contributed by atoms with E-state index in [0.717, 1.165) is 39.4 Å². The van der Waals surface area contributed by atoms with Crippen LogP contribution in [-0.4, -0.2) is 17.5 Å². The molecule has 21 heavy (non-hydrogen) atoms. The summed E-state index contributed by atoms with van der Waals surface area (Å²) in [4.78, 5) is 4.18. The van der Waals surface area contributed by atoms with E-state index in [0.29, 0.717) is 6.42 Å². The van der Waals surface area contributed by atoms with Gasteiger partial charge in [-0.1, -0.05) is 6.07 Å². The molecule has 1 heterocycles. The molecule has 4 heteroatoms. The Hall–Kier alpha value is -2.20. The van der Waals surface area contributed by atoms with E-state index in [-0.39, 0.29) is 12.4 Å². The summed E-state index contributed by atoms with van der Waals surface area (Å²) < 4.78 is 13.6. The molecule has 1 aliphatic carbocycles. The average Bonchev–Trinajstić information content (AvgIpc) is 2.72. The van der Waals surface area contributed by atoms with Crippen LogP contribution in [0, 0.1) is 5.82 Å². The summed E-state index contributed by atoms with van der Waals surface area (Å²) in [7, 11) is 0. The van der Waals surface area contributed by atoms with Crippen LogP contribution in [0.5, 0.6) is 0 Å².